The number of amides is 1. The lowest BCUT2D eigenvalue weighted by atomic mass is 9.87. The molecule has 1 amide bonds. The fourth-order valence-electron chi connectivity index (χ4n) is 3.11. The van der Waals surface area contributed by atoms with Gasteiger partial charge < -0.3 is 10.1 Å². The first-order valence-corrected chi connectivity index (χ1v) is 8.33. The van der Waals surface area contributed by atoms with Crippen molar-refractivity contribution in [1.29, 1.82) is 0 Å². The summed E-state index contributed by atoms with van der Waals surface area (Å²) in [7, 11) is 1.82. The Morgan fingerprint density at radius 1 is 1.48 bits per heavy atom. The first kappa shape index (κ1) is 17.8. The summed E-state index contributed by atoms with van der Waals surface area (Å²) in [6.07, 6.45) is 5.05. The third-order valence-electron chi connectivity index (χ3n) is 4.43. The monoisotopic (exact) mass is 322 g/mol. The fraction of sp³-hybridized carbons (Fsp3) is 0.765. The molecular formula is C17H30N4O2. The van der Waals surface area contributed by atoms with E-state index in [1.165, 1.54) is 19.3 Å². The van der Waals surface area contributed by atoms with Crippen LogP contribution in [0.4, 0.5) is 10.6 Å². The van der Waals surface area contributed by atoms with Crippen molar-refractivity contribution in [3.05, 3.63) is 11.8 Å². The van der Waals surface area contributed by atoms with Gasteiger partial charge in [-0.2, -0.15) is 5.10 Å². The molecule has 6 heteroatoms. The summed E-state index contributed by atoms with van der Waals surface area (Å²) in [5.74, 6) is 0.683. The molecular weight excluding hydrogens is 292 g/mol. The van der Waals surface area contributed by atoms with Crippen LogP contribution in [0.2, 0.25) is 0 Å². The van der Waals surface area contributed by atoms with Crippen LogP contribution < -0.4 is 10.6 Å². The normalized spacial score (nSPS) is 20.5. The van der Waals surface area contributed by atoms with Crippen LogP contribution in [-0.4, -0.2) is 27.5 Å². The van der Waals surface area contributed by atoms with Gasteiger partial charge in [-0.25, -0.2) is 4.79 Å². The first-order valence-electron chi connectivity index (χ1n) is 8.33. The SMILES string of the molecule is Cn1ncc(CNC2CCCC2(C)C)c1NC(=O)OC(C)(C)C. The van der Waals surface area contributed by atoms with Gasteiger partial charge in [0.1, 0.15) is 11.4 Å². The van der Waals surface area contributed by atoms with Gasteiger partial charge in [0.05, 0.1) is 6.20 Å². The molecule has 1 aromatic heterocycles. The van der Waals surface area contributed by atoms with Crippen LogP contribution in [0.3, 0.4) is 0 Å². The average molecular weight is 322 g/mol. The fourth-order valence-corrected chi connectivity index (χ4v) is 3.11. The van der Waals surface area contributed by atoms with Crippen LogP contribution in [0.1, 0.15) is 59.4 Å². The number of rotatable bonds is 4. The lowest BCUT2D eigenvalue weighted by Gasteiger charge is -2.28. The van der Waals surface area contributed by atoms with Gasteiger partial charge in [-0.05, 0) is 39.0 Å². The largest absolute Gasteiger partial charge is 0.444 e. The van der Waals surface area contributed by atoms with Gasteiger partial charge in [-0.15, -0.1) is 0 Å². The molecule has 2 rings (SSSR count). The second-order valence-corrected chi connectivity index (χ2v) is 8.08. The molecule has 0 saturated heterocycles. The van der Waals surface area contributed by atoms with Gasteiger partial charge >= 0.3 is 6.09 Å². The minimum absolute atomic E-state index is 0.320. The maximum atomic E-state index is 12.0. The first-order chi connectivity index (χ1) is 10.6. The number of aryl methyl sites for hydroxylation is 1. The molecule has 0 bridgehead atoms. The third kappa shape index (κ3) is 4.70. The van der Waals surface area contributed by atoms with E-state index in [1.807, 2.05) is 27.8 Å². The minimum atomic E-state index is -0.519. The van der Waals surface area contributed by atoms with E-state index in [9.17, 15) is 4.79 Å². The third-order valence-corrected chi connectivity index (χ3v) is 4.43. The number of nitrogens with zero attached hydrogens (tertiary/aromatic N) is 2. The zero-order chi connectivity index (χ0) is 17.3. The van der Waals surface area contributed by atoms with Crippen molar-refractivity contribution in [2.45, 2.75) is 72.1 Å². The molecule has 1 aliphatic carbocycles. The van der Waals surface area contributed by atoms with Crippen molar-refractivity contribution >= 4 is 11.9 Å². The van der Waals surface area contributed by atoms with E-state index in [-0.39, 0.29) is 0 Å². The van der Waals surface area contributed by atoms with Crippen molar-refractivity contribution in [2.75, 3.05) is 5.32 Å². The molecule has 0 aromatic carbocycles. The maximum absolute atomic E-state index is 12.0. The summed E-state index contributed by atoms with van der Waals surface area (Å²) in [5.41, 5.74) is 0.775. The number of hydrogen-bond donors (Lipinski definition) is 2. The van der Waals surface area contributed by atoms with Gasteiger partial charge in [-0.3, -0.25) is 10.00 Å². The molecule has 130 valence electrons. The zero-order valence-corrected chi connectivity index (χ0v) is 15.2. The van der Waals surface area contributed by atoms with Gasteiger partial charge in [0.15, 0.2) is 0 Å². The lowest BCUT2D eigenvalue weighted by Crippen LogP contribution is -2.37. The van der Waals surface area contributed by atoms with E-state index in [0.717, 1.165) is 5.56 Å². The van der Waals surface area contributed by atoms with Crippen molar-refractivity contribution in [3.8, 4) is 0 Å². The number of anilines is 1. The number of carbonyl (C=O) groups excluding carboxylic acids is 1. The molecule has 1 fully saturated rings. The van der Waals surface area contributed by atoms with Crippen LogP contribution in [-0.2, 0) is 18.3 Å². The molecule has 1 saturated carbocycles. The highest BCUT2D eigenvalue weighted by Gasteiger charge is 2.34. The number of carbonyl (C=O) groups is 1. The highest BCUT2D eigenvalue weighted by molar-refractivity contribution is 5.84. The minimum Gasteiger partial charge on any atom is -0.444 e. The van der Waals surface area contributed by atoms with Gasteiger partial charge in [0.25, 0.3) is 0 Å². The van der Waals surface area contributed by atoms with Gasteiger partial charge in [0, 0.05) is 25.2 Å². The van der Waals surface area contributed by atoms with E-state index < -0.39 is 11.7 Å². The summed E-state index contributed by atoms with van der Waals surface area (Å²) in [4.78, 5) is 12.0. The Labute approximate surface area is 139 Å². The predicted molar refractivity (Wildman–Crippen MR) is 91.3 cm³/mol. The summed E-state index contributed by atoms with van der Waals surface area (Å²) < 4.78 is 6.99. The van der Waals surface area contributed by atoms with E-state index in [1.54, 1.807) is 10.9 Å². The van der Waals surface area contributed by atoms with Gasteiger partial charge in [-0.1, -0.05) is 20.3 Å². The van der Waals surface area contributed by atoms with Crippen LogP contribution in [0.25, 0.3) is 0 Å². The Hall–Kier alpha value is -1.56. The quantitative estimate of drug-likeness (QED) is 0.891. The Morgan fingerprint density at radius 3 is 2.74 bits per heavy atom. The Kier molecular flexibility index (Phi) is 5.04. The Bertz CT molecular complexity index is 557. The number of ether oxygens (including phenoxy) is 1. The molecule has 1 aliphatic rings. The molecule has 1 unspecified atom stereocenters. The molecule has 2 N–H and O–H groups in total. The summed E-state index contributed by atoms with van der Waals surface area (Å²) in [6.45, 7) is 10.8. The van der Waals surface area contributed by atoms with E-state index in [4.69, 9.17) is 4.74 Å². The molecule has 1 heterocycles. The summed E-state index contributed by atoms with van der Waals surface area (Å²) in [5, 5.41) is 10.7. The van der Waals surface area contributed by atoms with Crippen molar-refractivity contribution in [3.63, 3.8) is 0 Å². The molecule has 1 atom stereocenters. The number of hydrogen-bond acceptors (Lipinski definition) is 4. The molecule has 6 nitrogen and oxygen atoms in total. The smallest absolute Gasteiger partial charge is 0.413 e. The molecule has 0 spiro atoms. The van der Waals surface area contributed by atoms with E-state index in [2.05, 4.69) is 29.6 Å². The van der Waals surface area contributed by atoms with Crippen LogP contribution in [0.5, 0.6) is 0 Å². The molecule has 23 heavy (non-hydrogen) atoms. The van der Waals surface area contributed by atoms with Crippen molar-refractivity contribution in [1.82, 2.24) is 15.1 Å². The predicted octanol–water partition coefficient (Wildman–Crippen LogP) is 3.44. The topological polar surface area (TPSA) is 68.2 Å². The lowest BCUT2D eigenvalue weighted by molar-refractivity contribution is 0.0634. The Balaban J connectivity index is 2.00. The second kappa shape index (κ2) is 6.51. The van der Waals surface area contributed by atoms with Crippen LogP contribution in [0.15, 0.2) is 6.20 Å². The highest BCUT2D eigenvalue weighted by atomic mass is 16.6. The van der Waals surface area contributed by atoms with Crippen LogP contribution >= 0.6 is 0 Å². The van der Waals surface area contributed by atoms with Crippen LogP contribution in [0, 0.1) is 5.41 Å². The highest BCUT2D eigenvalue weighted by Crippen LogP contribution is 2.37. The van der Waals surface area contributed by atoms with Crippen molar-refractivity contribution < 1.29 is 9.53 Å². The Morgan fingerprint density at radius 2 is 2.17 bits per heavy atom. The standard InChI is InChI=1S/C17H30N4O2/c1-16(2,3)23-15(22)20-14-12(11-19-21(14)6)10-18-13-8-7-9-17(13,4)5/h11,13,18H,7-10H2,1-6H3,(H,20,22). The van der Waals surface area contributed by atoms with Crippen molar-refractivity contribution in [2.24, 2.45) is 12.5 Å². The van der Waals surface area contributed by atoms with E-state index in [0.29, 0.717) is 23.8 Å². The van der Waals surface area contributed by atoms with Gasteiger partial charge in [0.2, 0.25) is 0 Å². The maximum Gasteiger partial charge on any atom is 0.413 e. The number of nitrogens with one attached hydrogen (secondary N) is 2. The van der Waals surface area contributed by atoms with E-state index >= 15 is 0 Å². The molecule has 0 aliphatic heterocycles. The summed E-state index contributed by atoms with van der Waals surface area (Å²) in [6, 6.07) is 0.497. The zero-order valence-electron chi connectivity index (χ0n) is 15.2. The molecule has 1 aromatic rings. The summed E-state index contributed by atoms with van der Waals surface area (Å²) >= 11 is 0. The molecule has 0 radical (unpaired) electrons. The average Bonchev–Trinajstić information content (AvgIpc) is 2.89. The number of aromatic nitrogens is 2. The second-order valence-electron chi connectivity index (χ2n) is 8.08.